The van der Waals surface area contributed by atoms with E-state index >= 15 is 0 Å². The molecule has 0 unspecified atom stereocenters. The maximum absolute atomic E-state index is 13.4. The molecule has 1 heterocycles. The molecular weight excluding hydrogens is 289 g/mol. The SMILES string of the molecule is COCCOC1CCN(C(=O)c2ccc(F)c(OC)c2)CC1. The Morgan fingerprint density at radius 1 is 1.27 bits per heavy atom. The van der Waals surface area contributed by atoms with Crippen LogP contribution in [0.25, 0.3) is 0 Å². The summed E-state index contributed by atoms with van der Waals surface area (Å²) in [6.07, 6.45) is 1.77. The van der Waals surface area contributed by atoms with Gasteiger partial charge in [-0.15, -0.1) is 0 Å². The molecule has 1 aromatic rings. The summed E-state index contributed by atoms with van der Waals surface area (Å²) in [5.41, 5.74) is 0.442. The lowest BCUT2D eigenvalue weighted by molar-refractivity contribution is -0.0122. The summed E-state index contributed by atoms with van der Waals surface area (Å²) >= 11 is 0. The van der Waals surface area contributed by atoms with Crippen LogP contribution in [0.3, 0.4) is 0 Å². The fourth-order valence-corrected chi connectivity index (χ4v) is 2.50. The highest BCUT2D eigenvalue weighted by Crippen LogP contribution is 2.21. The minimum absolute atomic E-state index is 0.0867. The Kier molecular flexibility index (Phi) is 6.15. The van der Waals surface area contributed by atoms with Gasteiger partial charge in [-0.05, 0) is 31.0 Å². The molecule has 0 N–H and O–H groups in total. The van der Waals surface area contributed by atoms with Crippen molar-refractivity contribution in [3.05, 3.63) is 29.6 Å². The van der Waals surface area contributed by atoms with Gasteiger partial charge >= 0.3 is 0 Å². The molecule has 2 rings (SSSR count). The molecule has 5 nitrogen and oxygen atoms in total. The minimum Gasteiger partial charge on any atom is -0.494 e. The average molecular weight is 311 g/mol. The van der Waals surface area contributed by atoms with Crippen molar-refractivity contribution in [2.75, 3.05) is 40.5 Å². The Labute approximate surface area is 130 Å². The number of hydrogen-bond donors (Lipinski definition) is 0. The standard InChI is InChI=1S/C16H22FNO4/c1-20-9-10-22-13-5-7-18(8-6-13)16(19)12-3-4-14(17)15(11-12)21-2/h3-4,11,13H,5-10H2,1-2H3. The van der Waals surface area contributed by atoms with Crippen molar-refractivity contribution in [3.63, 3.8) is 0 Å². The number of halogens is 1. The zero-order valence-corrected chi connectivity index (χ0v) is 13.0. The summed E-state index contributed by atoms with van der Waals surface area (Å²) in [6, 6.07) is 4.19. The molecule has 122 valence electrons. The van der Waals surface area contributed by atoms with Crippen molar-refractivity contribution in [2.24, 2.45) is 0 Å². The fraction of sp³-hybridized carbons (Fsp3) is 0.562. The second-order valence-electron chi connectivity index (χ2n) is 5.20. The van der Waals surface area contributed by atoms with Crippen molar-refractivity contribution in [1.82, 2.24) is 4.90 Å². The second kappa shape index (κ2) is 8.10. The minimum atomic E-state index is -0.468. The molecular formula is C16H22FNO4. The molecule has 0 aliphatic carbocycles. The first-order chi connectivity index (χ1) is 10.7. The Morgan fingerprint density at radius 3 is 2.64 bits per heavy atom. The van der Waals surface area contributed by atoms with Crippen molar-refractivity contribution >= 4 is 5.91 Å². The molecule has 0 radical (unpaired) electrons. The van der Waals surface area contributed by atoms with Crippen LogP contribution in [-0.2, 0) is 9.47 Å². The monoisotopic (exact) mass is 311 g/mol. The Hall–Kier alpha value is -1.66. The van der Waals surface area contributed by atoms with Gasteiger partial charge in [0.2, 0.25) is 0 Å². The number of benzene rings is 1. The first kappa shape index (κ1) is 16.7. The van der Waals surface area contributed by atoms with E-state index in [1.165, 1.54) is 25.3 Å². The fourth-order valence-electron chi connectivity index (χ4n) is 2.50. The van der Waals surface area contributed by atoms with Crippen LogP contribution in [0.5, 0.6) is 5.75 Å². The molecule has 0 atom stereocenters. The predicted octanol–water partition coefficient (Wildman–Crippen LogP) is 2.10. The lowest BCUT2D eigenvalue weighted by atomic mass is 10.1. The molecule has 1 amide bonds. The van der Waals surface area contributed by atoms with E-state index in [-0.39, 0.29) is 17.8 Å². The average Bonchev–Trinajstić information content (AvgIpc) is 2.55. The summed E-state index contributed by atoms with van der Waals surface area (Å²) in [5.74, 6) is -0.485. The van der Waals surface area contributed by atoms with E-state index in [9.17, 15) is 9.18 Å². The molecule has 6 heteroatoms. The quantitative estimate of drug-likeness (QED) is 0.755. The number of ether oxygens (including phenoxy) is 3. The molecule has 1 aromatic carbocycles. The van der Waals surface area contributed by atoms with Gasteiger partial charge < -0.3 is 19.1 Å². The lowest BCUT2D eigenvalue weighted by Crippen LogP contribution is -2.41. The van der Waals surface area contributed by atoms with Gasteiger partial charge in [-0.1, -0.05) is 0 Å². The molecule has 1 saturated heterocycles. The molecule has 1 fully saturated rings. The number of nitrogens with zero attached hydrogens (tertiary/aromatic N) is 1. The smallest absolute Gasteiger partial charge is 0.253 e. The summed E-state index contributed by atoms with van der Waals surface area (Å²) in [4.78, 5) is 14.2. The van der Waals surface area contributed by atoms with Crippen molar-refractivity contribution < 1.29 is 23.4 Å². The third-order valence-electron chi connectivity index (χ3n) is 3.77. The lowest BCUT2D eigenvalue weighted by Gasteiger charge is -2.32. The predicted molar refractivity (Wildman–Crippen MR) is 79.7 cm³/mol. The van der Waals surface area contributed by atoms with Crippen LogP contribution in [0, 0.1) is 5.82 Å². The number of likely N-dealkylation sites (tertiary alicyclic amines) is 1. The summed E-state index contributed by atoms with van der Waals surface area (Å²) in [7, 11) is 3.02. The summed E-state index contributed by atoms with van der Waals surface area (Å²) < 4.78 is 28.9. The van der Waals surface area contributed by atoms with E-state index in [2.05, 4.69) is 0 Å². The number of carbonyl (C=O) groups is 1. The summed E-state index contributed by atoms with van der Waals surface area (Å²) in [6.45, 7) is 2.42. The van der Waals surface area contributed by atoms with Crippen LogP contribution >= 0.6 is 0 Å². The maximum Gasteiger partial charge on any atom is 0.253 e. The molecule has 0 saturated carbocycles. The molecule has 0 aromatic heterocycles. The van der Waals surface area contributed by atoms with Gasteiger partial charge in [0.1, 0.15) is 0 Å². The van der Waals surface area contributed by atoms with Crippen LogP contribution in [0.4, 0.5) is 4.39 Å². The van der Waals surface area contributed by atoms with Gasteiger partial charge in [0.15, 0.2) is 11.6 Å². The van der Waals surface area contributed by atoms with E-state index in [1.54, 1.807) is 12.0 Å². The van der Waals surface area contributed by atoms with Gasteiger partial charge in [0.25, 0.3) is 5.91 Å². The molecule has 1 aliphatic heterocycles. The number of piperidine rings is 1. The third kappa shape index (κ3) is 4.18. The van der Waals surface area contributed by atoms with Gasteiger partial charge in [-0.3, -0.25) is 4.79 Å². The van der Waals surface area contributed by atoms with Crippen LogP contribution in [0.2, 0.25) is 0 Å². The van der Waals surface area contributed by atoms with Crippen LogP contribution in [-0.4, -0.2) is 57.4 Å². The van der Waals surface area contributed by atoms with E-state index in [4.69, 9.17) is 14.2 Å². The van der Waals surface area contributed by atoms with Gasteiger partial charge in [-0.25, -0.2) is 4.39 Å². The first-order valence-corrected chi connectivity index (χ1v) is 7.39. The normalized spacial score (nSPS) is 15.9. The van der Waals surface area contributed by atoms with Crippen LogP contribution < -0.4 is 4.74 Å². The van der Waals surface area contributed by atoms with Gasteiger partial charge in [-0.2, -0.15) is 0 Å². The number of carbonyl (C=O) groups excluding carboxylic acids is 1. The Bertz CT molecular complexity index is 501. The van der Waals surface area contributed by atoms with Crippen molar-refractivity contribution in [3.8, 4) is 5.75 Å². The Morgan fingerprint density at radius 2 is 2.00 bits per heavy atom. The number of methoxy groups -OCH3 is 2. The maximum atomic E-state index is 13.4. The highest BCUT2D eigenvalue weighted by molar-refractivity contribution is 5.94. The number of rotatable bonds is 6. The Balaban J connectivity index is 1.89. The van der Waals surface area contributed by atoms with E-state index in [0.29, 0.717) is 31.9 Å². The highest BCUT2D eigenvalue weighted by atomic mass is 19.1. The van der Waals surface area contributed by atoms with Crippen molar-refractivity contribution in [2.45, 2.75) is 18.9 Å². The van der Waals surface area contributed by atoms with Crippen LogP contribution in [0.1, 0.15) is 23.2 Å². The highest BCUT2D eigenvalue weighted by Gasteiger charge is 2.24. The molecule has 0 spiro atoms. The zero-order valence-electron chi connectivity index (χ0n) is 13.0. The van der Waals surface area contributed by atoms with E-state index < -0.39 is 5.82 Å². The first-order valence-electron chi connectivity index (χ1n) is 7.39. The summed E-state index contributed by atoms with van der Waals surface area (Å²) in [5, 5.41) is 0. The third-order valence-corrected chi connectivity index (χ3v) is 3.77. The number of amides is 1. The van der Waals surface area contributed by atoms with E-state index in [0.717, 1.165) is 12.8 Å². The topological polar surface area (TPSA) is 48.0 Å². The zero-order chi connectivity index (χ0) is 15.9. The second-order valence-corrected chi connectivity index (χ2v) is 5.20. The van der Waals surface area contributed by atoms with Gasteiger partial charge in [0.05, 0.1) is 26.4 Å². The number of hydrogen-bond acceptors (Lipinski definition) is 4. The van der Waals surface area contributed by atoms with Crippen LogP contribution in [0.15, 0.2) is 18.2 Å². The molecule has 0 bridgehead atoms. The van der Waals surface area contributed by atoms with Gasteiger partial charge in [0, 0.05) is 25.8 Å². The molecule has 22 heavy (non-hydrogen) atoms. The largest absolute Gasteiger partial charge is 0.494 e. The molecule has 1 aliphatic rings. The van der Waals surface area contributed by atoms with E-state index in [1.807, 2.05) is 0 Å². The van der Waals surface area contributed by atoms with Crippen molar-refractivity contribution in [1.29, 1.82) is 0 Å².